The largest absolute Gasteiger partial charge is 0.502 e. The maximum atomic E-state index is 11.0. The van der Waals surface area contributed by atoms with E-state index in [4.69, 9.17) is 16.3 Å². The van der Waals surface area contributed by atoms with E-state index in [1.165, 1.54) is 24.4 Å². The number of nitrogens with one attached hydrogen (secondary N) is 2. The van der Waals surface area contributed by atoms with Crippen molar-refractivity contribution >= 4 is 47.0 Å². The Morgan fingerprint density at radius 3 is 2.58 bits per heavy atom. The van der Waals surface area contributed by atoms with Crippen molar-refractivity contribution in [1.29, 1.82) is 0 Å². The third kappa shape index (κ3) is 5.61. The Morgan fingerprint density at radius 1 is 1.12 bits per heavy atom. The predicted molar refractivity (Wildman–Crippen MR) is 124 cm³/mol. The number of ether oxygens (including phenoxy) is 1. The monoisotopic (exact) mass is 470 g/mol. The number of hydrogen-bond donors (Lipinski definition) is 3. The number of benzene rings is 2. The van der Waals surface area contributed by atoms with Gasteiger partial charge in [-0.3, -0.25) is 10.1 Å². The molecule has 0 amide bonds. The van der Waals surface area contributed by atoms with Crippen LogP contribution >= 0.6 is 11.6 Å². The SMILES string of the molecule is O=[N+]([O-])c1cccc(/C=N/Nc2nc(Nc3ccc(Cl)cc3)nc(N3CCOCC3)n2)c1O. The molecule has 3 N–H and O–H groups in total. The van der Waals surface area contributed by atoms with E-state index in [1.807, 2.05) is 4.90 Å². The Hall–Kier alpha value is -4.03. The molecule has 0 radical (unpaired) electrons. The number of rotatable bonds is 7. The standard InChI is InChI=1S/C20H19ClN8O4/c21-14-4-6-15(7-5-14)23-18-24-19(26-20(25-18)28-8-10-33-11-9-28)27-22-12-13-2-1-3-16(17(13)30)29(31)32/h1-7,12,30H,8-11H2,(H2,23,24,25,26,27)/b22-12+. The Balaban J connectivity index is 1.58. The molecule has 1 aliphatic rings. The van der Waals surface area contributed by atoms with Gasteiger partial charge in [-0.2, -0.15) is 20.1 Å². The number of hydrazone groups is 1. The average molecular weight is 471 g/mol. The van der Waals surface area contributed by atoms with Crippen molar-refractivity contribution < 1.29 is 14.8 Å². The van der Waals surface area contributed by atoms with E-state index in [1.54, 1.807) is 24.3 Å². The molecule has 1 aromatic heterocycles. The van der Waals surface area contributed by atoms with Crippen LogP contribution in [0.15, 0.2) is 47.6 Å². The second-order valence-electron chi connectivity index (χ2n) is 6.86. The summed E-state index contributed by atoms with van der Waals surface area (Å²) in [5, 5.41) is 28.8. The van der Waals surface area contributed by atoms with Crippen LogP contribution in [0.4, 0.5) is 29.2 Å². The zero-order chi connectivity index (χ0) is 23.2. The first-order valence-corrected chi connectivity index (χ1v) is 10.2. The number of nitro benzene ring substituents is 1. The summed E-state index contributed by atoms with van der Waals surface area (Å²) in [7, 11) is 0. The van der Waals surface area contributed by atoms with E-state index in [0.29, 0.717) is 37.3 Å². The van der Waals surface area contributed by atoms with Gasteiger partial charge in [0, 0.05) is 35.4 Å². The second-order valence-corrected chi connectivity index (χ2v) is 7.29. The number of phenols is 1. The van der Waals surface area contributed by atoms with Crippen LogP contribution in [0.1, 0.15) is 5.56 Å². The summed E-state index contributed by atoms with van der Waals surface area (Å²) in [5.41, 5.74) is 3.17. The van der Waals surface area contributed by atoms with Gasteiger partial charge in [0.15, 0.2) is 0 Å². The maximum Gasteiger partial charge on any atom is 0.311 e. The van der Waals surface area contributed by atoms with Crippen molar-refractivity contribution in [2.45, 2.75) is 0 Å². The van der Waals surface area contributed by atoms with E-state index in [0.717, 1.165) is 5.69 Å². The number of morpholine rings is 1. The van der Waals surface area contributed by atoms with Gasteiger partial charge < -0.3 is 20.1 Å². The molecule has 1 fully saturated rings. The molecule has 170 valence electrons. The zero-order valence-corrected chi connectivity index (χ0v) is 17.9. The highest BCUT2D eigenvalue weighted by Gasteiger charge is 2.17. The van der Waals surface area contributed by atoms with Crippen molar-refractivity contribution in [1.82, 2.24) is 15.0 Å². The van der Waals surface area contributed by atoms with E-state index in [9.17, 15) is 15.2 Å². The van der Waals surface area contributed by atoms with Gasteiger partial charge in [0.25, 0.3) is 0 Å². The van der Waals surface area contributed by atoms with Crippen LogP contribution in [0.5, 0.6) is 5.75 Å². The lowest BCUT2D eigenvalue weighted by Gasteiger charge is -2.27. The number of aromatic nitrogens is 3. The molecule has 4 rings (SSSR count). The smallest absolute Gasteiger partial charge is 0.311 e. The first kappa shape index (κ1) is 22.2. The molecule has 2 heterocycles. The van der Waals surface area contributed by atoms with Crippen molar-refractivity contribution in [3.8, 4) is 5.75 Å². The van der Waals surface area contributed by atoms with Crippen LogP contribution in [0.3, 0.4) is 0 Å². The number of aromatic hydroxyl groups is 1. The molecule has 1 aliphatic heterocycles. The minimum absolute atomic E-state index is 0.143. The van der Waals surface area contributed by atoms with Crippen molar-refractivity contribution in [3.05, 3.63) is 63.2 Å². The number of nitro groups is 1. The van der Waals surface area contributed by atoms with Crippen molar-refractivity contribution in [2.75, 3.05) is 41.9 Å². The van der Waals surface area contributed by atoms with Gasteiger partial charge in [-0.05, 0) is 30.3 Å². The first-order valence-electron chi connectivity index (χ1n) is 9.86. The highest BCUT2D eigenvalue weighted by molar-refractivity contribution is 6.30. The maximum absolute atomic E-state index is 11.0. The topological polar surface area (TPSA) is 151 Å². The molecule has 0 bridgehead atoms. The fourth-order valence-electron chi connectivity index (χ4n) is 3.00. The molecule has 3 aromatic rings. The number of nitrogens with zero attached hydrogens (tertiary/aromatic N) is 6. The van der Waals surface area contributed by atoms with Gasteiger partial charge in [-0.1, -0.05) is 17.7 Å². The summed E-state index contributed by atoms with van der Waals surface area (Å²) in [6.45, 7) is 2.35. The summed E-state index contributed by atoms with van der Waals surface area (Å²) in [6, 6.07) is 11.2. The quantitative estimate of drug-likeness (QED) is 0.266. The lowest BCUT2D eigenvalue weighted by Crippen LogP contribution is -2.37. The van der Waals surface area contributed by atoms with Crippen LogP contribution in [0.25, 0.3) is 0 Å². The molecular formula is C20H19ClN8O4. The number of anilines is 4. The summed E-state index contributed by atoms with van der Waals surface area (Å²) in [5.74, 6) is 0.372. The summed E-state index contributed by atoms with van der Waals surface area (Å²) in [4.78, 5) is 25.5. The Kier molecular flexibility index (Phi) is 6.76. The van der Waals surface area contributed by atoms with E-state index >= 15 is 0 Å². The summed E-state index contributed by atoms with van der Waals surface area (Å²) < 4.78 is 5.39. The predicted octanol–water partition coefficient (Wildman–Crippen LogP) is 3.17. The normalized spacial score (nSPS) is 13.8. The van der Waals surface area contributed by atoms with Gasteiger partial charge in [-0.15, -0.1) is 0 Å². The minimum atomic E-state index is -0.671. The third-order valence-electron chi connectivity index (χ3n) is 4.63. The highest BCUT2D eigenvalue weighted by atomic mass is 35.5. The number of halogens is 1. The summed E-state index contributed by atoms with van der Waals surface area (Å²) >= 11 is 5.94. The average Bonchev–Trinajstić information content (AvgIpc) is 2.82. The molecule has 12 nitrogen and oxygen atoms in total. The first-order chi connectivity index (χ1) is 16.0. The van der Waals surface area contributed by atoms with Crippen molar-refractivity contribution in [2.24, 2.45) is 5.10 Å². The Morgan fingerprint density at radius 2 is 1.85 bits per heavy atom. The number of para-hydroxylation sites is 1. The molecule has 0 saturated carbocycles. The lowest BCUT2D eigenvalue weighted by molar-refractivity contribution is -0.385. The van der Waals surface area contributed by atoms with Crippen LogP contribution in [0.2, 0.25) is 5.02 Å². The van der Waals surface area contributed by atoms with Gasteiger partial charge in [0.2, 0.25) is 23.6 Å². The third-order valence-corrected chi connectivity index (χ3v) is 4.88. The Labute approximate surface area is 193 Å². The fourth-order valence-corrected chi connectivity index (χ4v) is 3.12. The lowest BCUT2D eigenvalue weighted by atomic mass is 10.2. The van der Waals surface area contributed by atoms with E-state index in [2.05, 4.69) is 30.8 Å². The van der Waals surface area contributed by atoms with Crippen LogP contribution < -0.4 is 15.6 Å². The summed E-state index contributed by atoms with van der Waals surface area (Å²) in [6.07, 6.45) is 1.24. The molecule has 0 spiro atoms. The van der Waals surface area contributed by atoms with Gasteiger partial charge in [0.05, 0.1) is 24.4 Å². The molecule has 0 aliphatic carbocycles. The van der Waals surface area contributed by atoms with Gasteiger partial charge in [-0.25, -0.2) is 5.43 Å². The van der Waals surface area contributed by atoms with E-state index in [-0.39, 0.29) is 17.5 Å². The molecule has 33 heavy (non-hydrogen) atoms. The number of hydrogen-bond acceptors (Lipinski definition) is 11. The molecule has 13 heteroatoms. The zero-order valence-electron chi connectivity index (χ0n) is 17.2. The van der Waals surface area contributed by atoms with Crippen LogP contribution in [-0.2, 0) is 4.74 Å². The Bertz CT molecular complexity index is 1170. The van der Waals surface area contributed by atoms with Crippen LogP contribution in [0, 0.1) is 10.1 Å². The molecular weight excluding hydrogens is 452 g/mol. The fraction of sp³-hybridized carbons (Fsp3) is 0.200. The van der Waals surface area contributed by atoms with Crippen molar-refractivity contribution in [3.63, 3.8) is 0 Å². The van der Waals surface area contributed by atoms with Gasteiger partial charge >= 0.3 is 5.69 Å². The van der Waals surface area contributed by atoms with Crippen LogP contribution in [-0.4, -0.2) is 57.5 Å². The molecule has 1 saturated heterocycles. The minimum Gasteiger partial charge on any atom is -0.502 e. The van der Waals surface area contributed by atoms with Gasteiger partial charge in [0.1, 0.15) is 0 Å². The highest BCUT2D eigenvalue weighted by Crippen LogP contribution is 2.28. The van der Waals surface area contributed by atoms with E-state index < -0.39 is 16.4 Å². The molecule has 0 unspecified atom stereocenters. The number of phenolic OH excluding ortho intramolecular Hbond substituents is 1. The molecule has 0 atom stereocenters. The second kappa shape index (κ2) is 10.1. The molecule has 2 aromatic carbocycles.